The van der Waals surface area contributed by atoms with E-state index < -0.39 is 29.6 Å². The molecular weight excluding hydrogens is 435 g/mol. The lowest BCUT2D eigenvalue weighted by Crippen LogP contribution is -2.37. The summed E-state index contributed by atoms with van der Waals surface area (Å²) in [5.41, 5.74) is 1.65. The molecule has 5 nitrogen and oxygen atoms in total. The van der Waals surface area contributed by atoms with Crippen LogP contribution in [0.3, 0.4) is 0 Å². The van der Waals surface area contributed by atoms with Crippen molar-refractivity contribution in [2.75, 3.05) is 13.6 Å². The Morgan fingerprint density at radius 3 is 2.52 bits per heavy atom. The predicted octanol–water partition coefficient (Wildman–Crippen LogP) is 4.09. The van der Waals surface area contributed by atoms with Crippen molar-refractivity contribution in [1.29, 1.82) is 0 Å². The highest BCUT2D eigenvalue weighted by atomic mass is 35.5. The highest BCUT2D eigenvalue weighted by Gasteiger charge is 2.50. The van der Waals surface area contributed by atoms with Gasteiger partial charge in [0.2, 0.25) is 11.7 Å². The molecule has 1 heterocycles. The third kappa shape index (κ3) is 4.74. The smallest absolute Gasteiger partial charge is 0.291 e. The lowest BCUT2D eigenvalue weighted by atomic mass is 9.92. The average Bonchev–Trinajstić information content (AvgIpc) is 2.92. The van der Waals surface area contributed by atoms with Crippen molar-refractivity contribution < 1.29 is 14.4 Å². The minimum Gasteiger partial charge on any atom is -0.355 e. The van der Waals surface area contributed by atoms with Gasteiger partial charge in [-0.1, -0.05) is 53.0 Å². The summed E-state index contributed by atoms with van der Waals surface area (Å²) < 4.78 is 0. The van der Waals surface area contributed by atoms with Crippen LogP contribution in [0.5, 0.6) is 0 Å². The van der Waals surface area contributed by atoms with Gasteiger partial charge in [0.15, 0.2) is 0 Å². The van der Waals surface area contributed by atoms with Gasteiger partial charge in [-0.15, -0.1) is 0 Å². The minimum atomic E-state index is -1.10. The highest BCUT2D eigenvalue weighted by molar-refractivity contribution is 6.43. The van der Waals surface area contributed by atoms with Gasteiger partial charge in [-0.05, 0) is 48.2 Å². The van der Waals surface area contributed by atoms with Crippen LogP contribution in [0, 0.1) is 5.92 Å². The van der Waals surface area contributed by atoms with E-state index in [0.29, 0.717) is 40.0 Å². The number of ketones is 1. The zero-order valence-corrected chi connectivity index (χ0v) is 17.9. The molecule has 29 heavy (non-hydrogen) atoms. The summed E-state index contributed by atoms with van der Waals surface area (Å²) in [6.07, 6.45) is 1.34. The largest absolute Gasteiger partial charge is 0.355 e. The Bertz CT molecular complexity index is 964. The fraction of sp³-hybridized carbons (Fsp3) is 0.286. The third-order valence-electron chi connectivity index (χ3n) is 4.94. The number of carbonyl (C=O) groups is 3. The van der Waals surface area contributed by atoms with E-state index >= 15 is 0 Å². The molecule has 8 heteroatoms. The first-order valence-electron chi connectivity index (χ1n) is 9.07. The van der Waals surface area contributed by atoms with Crippen LogP contribution in [0.15, 0.2) is 42.5 Å². The number of carbonyl (C=O) groups excluding carboxylic acids is 3. The molecule has 0 aromatic heterocycles. The van der Waals surface area contributed by atoms with Crippen LogP contribution in [0.1, 0.15) is 23.6 Å². The Balaban J connectivity index is 1.65. The van der Waals surface area contributed by atoms with Crippen LogP contribution >= 0.6 is 34.8 Å². The molecule has 2 aromatic carbocycles. The van der Waals surface area contributed by atoms with Crippen molar-refractivity contribution in [3.8, 4) is 0 Å². The standard InChI is InChI=1S/C21H19Cl3N2O3/c1-26-18(13-5-2-6-14(22)11-13)17(19(27)21(26)29)20(28)25-9-3-4-12-7-8-15(23)16(24)10-12/h2,5-8,10-11,17-18H,3-4,9H2,1H3,(H,25,28). The number of amides is 2. The topological polar surface area (TPSA) is 66.5 Å². The number of hydrogen-bond acceptors (Lipinski definition) is 3. The van der Waals surface area contributed by atoms with Gasteiger partial charge in [0.1, 0.15) is 5.92 Å². The zero-order valence-electron chi connectivity index (χ0n) is 15.6. The molecule has 2 amide bonds. The van der Waals surface area contributed by atoms with E-state index in [0.717, 1.165) is 5.56 Å². The van der Waals surface area contributed by atoms with Gasteiger partial charge in [0.05, 0.1) is 16.1 Å². The second-order valence-electron chi connectivity index (χ2n) is 6.90. The molecule has 152 valence electrons. The van der Waals surface area contributed by atoms with E-state index in [2.05, 4.69) is 5.32 Å². The van der Waals surface area contributed by atoms with Crippen molar-refractivity contribution in [1.82, 2.24) is 10.2 Å². The van der Waals surface area contributed by atoms with E-state index in [4.69, 9.17) is 34.8 Å². The molecule has 1 fully saturated rings. The zero-order chi connectivity index (χ0) is 21.1. The van der Waals surface area contributed by atoms with Gasteiger partial charge in [-0.2, -0.15) is 0 Å². The van der Waals surface area contributed by atoms with Gasteiger partial charge in [0, 0.05) is 18.6 Å². The van der Waals surface area contributed by atoms with Crippen molar-refractivity contribution in [3.63, 3.8) is 0 Å². The fourth-order valence-electron chi connectivity index (χ4n) is 3.48. The van der Waals surface area contributed by atoms with Gasteiger partial charge >= 0.3 is 0 Å². The van der Waals surface area contributed by atoms with Crippen molar-refractivity contribution >= 4 is 52.4 Å². The van der Waals surface area contributed by atoms with Crippen molar-refractivity contribution in [2.45, 2.75) is 18.9 Å². The van der Waals surface area contributed by atoms with Crippen LogP contribution in [0.2, 0.25) is 15.1 Å². The number of nitrogens with zero attached hydrogens (tertiary/aromatic N) is 1. The van der Waals surface area contributed by atoms with Crippen LogP contribution in [0.25, 0.3) is 0 Å². The molecule has 0 aliphatic carbocycles. The molecule has 1 N–H and O–H groups in total. The maximum Gasteiger partial charge on any atom is 0.291 e. The molecule has 1 aliphatic heterocycles. The van der Waals surface area contributed by atoms with Gasteiger partial charge in [0.25, 0.3) is 5.91 Å². The van der Waals surface area contributed by atoms with Crippen LogP contribution in [-0.2, 0) is 20.8 Å². The number of benzene rings is 2. The summed E-state index contributed by atoms with van der Waals surface area (Å²) in [6.45, 7) is 0.364. The quantitative estimate of drug-likeness (QED) is 0.407. The first kappa shape index (κ1) is 21.6. The SMILES string of the molecule is CN1C(=O)C(=O)C(C(=O)NCCCc2ccc(Cl)c(Cl)c2)C1c1cccc(Cl)c1. The molecule has 1 saturated heterocycles. The molecule has 0 saturated carbocycles. The van der Waals surface area contributed by atoms with Crippen molar-refractivity contribution in [2.24, 2.45) is 5.92 Å². The number of Topliss-reactive ketones (excluding diaryl/α,β-unsaturated/α-hetero) is 1. The summed E-state index contributed by atoms with van der Waals surface area (Å²) in [4.78, 5) is 38.7. The maximum absolute atomic E-state index is 12.7. The summed E-state index contributed by atoms with van der Waals surface area (Å²) in [6, 6.07) is 11.6. The number of hydrogen-bond donors (Lipinski definition) is 1. The van der Waals surface area contributed by atoms with E-state index in [-0.39, 0.29) is 0 Å². The van der Waals surface area contributed by atoms with Crippen LogP contribution < -0.4 is 5.32 Å². The summed E-state index contributed by atoms with van der Waals surface area (Å²) >= 11 is 18.0. The second-order valence-corrected chi connectivity index (χ2v) is 8.15. The Labute approximate surface area is 183 Å². The van der Waals surface area contributed by atoms with E-state index in [1.54, 1.807) is 36.4 Å². The molecule has 2 atom stereocenters. The fourth-order valence-corrected chi connectivity index (χ4v) is 4.00. The molecule has 0 radical (unpaired) electrons. The lowest BCUT2D eigenvalue weighted by molar-refractivity contribution is -0.142. The highest BCUT2D eigenvalue weighted by Crippen LogP contribution is 2.36. The predicted molar refractivity (Wildman–Crippen MR) is 113 cm³/mol. The second kappa shape index (κ2) is 9.16. The number of rotatable bonds is 6. The Kier molecular flexibility index (Phi) is 6.83. The van der Waals surface area contributed by atoms with Gasteiger partial charge in [-0.25, -0.2) is 0 Å². The summed E-state index contributed by atoms with van der Waals surface area (Å²) in [7, 11) is 1.52. The summed E-state index contributed by atoms with van der Waals surface area (Å²) in [5.74, 6) is -2.95. The third-order valence-corrected chi connectivity index (χ3v) is 5.92. The summed E-state index contributed by atoms with van der Waals surface area (Å²) in [5, 5.41) is 4.22. The lowest BCUT2D eigenvalue weighted by Gasteiger charge is -2.23. The Hall–Kier alpha value is -2.08. The molecule has 0 spiro atoms. The van der Waals surface area contributed by atoms with Crippen LogP contribution in [0.4, 0.5) is 0 Å². The molecule has 0 bridgehead atoms. The van der Waals surface area contributed by atoms with Gasteiger partial charge < -0.3 is 10.2 Å². The van der Waals surface area contributed by atoms with E-state index in [1.165, 1.54) is 11.9 Å². The maximum atomic E-state index is 12.7. The molecule has 3 rings (SSSR count). The monoisotopic (exact) mass is 452 g/mol. The van der Waals surface area contributed by atoms with Crippen molar-refractivity contribution in [3.05, 3.63) is 68.7 Å². The molecular formula is C21H19Cl3N2O3. The molecule has 2 aromatic rings. The minimum absolute atomic E-state index is 0.364. The number of halogens is 3. The average molecular weight is 454 g/mol. The normalized spacial score (nSPS) is 19.0. The number of nitrogens with one attached hydrogen (secondary N) is 1. The van der Waals surface area contributed by atoms with E-state index in [9.17, 15) is 14.4 Å². The molecule has 2 unspecified atom stereocenters. The van der Waals surface area contributed by atoms with Crippen LogP contribution in [-0.4, -0.2) is 36.1 Å². The first-order valence-corrected chi connectivity index (χ1v) is 10.2. The number of aryl methyl sites for hydroxylation is 1. The Morgan fingerprint density at radius 1 is 1.07 bits per heavy atom. The number of likely N-dealkylation sites (tertiary alicyclic amines) is 1. The number of likely N-dealkylation sites (N-methyl/N-ethyl adjacent to an activating group) is 1. The first-order chi connectivity index (χ1) is 13.8. The Morgan fingerprint density at radius 2 is 1.83 bits per heavy atom. The molecule has 1 aliphatic rings. The van der Waals surface area contributed by atoms with E-state index in [1.807, 2.05) is 6.07 Å². The van der Waals surface area contributed by atoms with Gasteiger partial charge in [-0.3, -0.25) is 14.4 Å².